The SMILES string of the molecule is O=C(O)C1=CNc2nnnn2C1. The zero-order valence-corrected chi connectivity index (χ0v) is 5.93. The van der Waals surface area contributed by atoms with Gasteiger partial charge in [0.05, 0.1) is 12.1 Å². The maximum absolute atomic E-state index is 10.5. The summed E-state index contributed by atoms with van der Waals surface area (Å²) in [7, 11) is 0. The van der Waals surface area contributed by atoms with Gasteiger partial charge in [0.15, 0.2) is 0 Å². The van der Waals surface area contributed by atoms with E-state index in [1.165, 1.54) is 10.9 Å². The molecule has 2 heterocycles. The van der Waals surface area contributed by atoms with Crippen LogP contribution in [0.2, 0.25) is 0 Å². The number of fused-ring (bicyclic) bond motifs is 1. The van der Waals surface area contributed by atoms with Gasteiger partial charge in [-0.05, 0) is 10.4 Å². The van der Waals surface area contributed by atoms with Gasteiger partial charge in [0.25, 0.3) is 0 Å². The van der Waals surface area contributed by atoms with Gasteiger partial charge in [0.2, 0.25) is 5.95 Å². The van der Waals surface area contributed by atoms with E-state index in [0.29, 0.717) is 5.95 Å². The summed E-state index contributed by atoms with van der Waals surface area (Å²) in [6.45, 7) is 0.199. The van der Waals surface area contributed by atoms with Crippen molar-refractivity contribution in [2.45, 2.75) is 6.54 Å². The molecule has 1 aromatic rings. The molecule has 0 amide bonds. The van der Waals surface area contributed by atoms with E-state index >= 15 is 0 Å². The number of carbonyl (C=O) groups is 1. The Bertz CT molecular complexity index is 354. The third-order valence-electron chi connectivity index (χ3n) is 1.50. The Morgan fingerprint density at radius 3 is 3.33 bits per heavy atom. The molecule has 0 fully saturated rings. The highest BCUT2D eigenvalue weighted by Crippen LogP contribution is 2.10. The quantitative estimate of drug-likeness (QED) is 0.561. The number of carboxylic acid groups (broad SMARTS) is 1. The van der Waals surface area contributed by atoms with Crippen molar-refractivity contribution in [3.63, 3.8) is 0 Å². The Morgan fingerprint density at radius 2 is 2.58 bits per heavy atom. The molecule has 0 bridgehead atoms. The Balaban J connectivity index is 2.29. The van der Waals surface area contributed by atoms with Gasteiger partial charge in [-0.2, -0.15) is 0 Å². The van der Waals surface area contributed by atoms with Gasteiger partial charge in [-0.1, -0.05) is 5.10 Å². The molecule has 7 heteroatoms. The average molecular weight is 167 g/mol. The summed E-state index contributed by atoms with van der Waals surface area (Å²) in [6, 6.07) is 0. The van der Waals surface area contributed by atoms with E-state index in [1.807, 2.05) is 0 Å². The summed E-state index contributed by atoms with van der Waals surface area (Å²) in [5.74, 6) is -0.511. The van der Waals surface area contributed by atoms with Crippen molar-refractivity contribution in [1.29, 1.82) is 0 Å². The summed E-state index contributed by atoms with van der Waals surface area (Å²) in [6.07, 6.45) is 1.38. The number of carboxylic acids is 1. The zero-order valence-electron chi connectivity index (χ0n) is 5.93. The smallest absolute Gasteiger partial charge is 0.334 e. The van der Waals surface area contributed by atoms with E-state index in [9.17, 15) is 4.79 Å². The van der Waals surface area contributed by atoms with E-state index in [2.05, 4.69) is 20.8 Å². The Kier molecular flexibility index (Phi) is 1.29. The average Bonchev–Trinajstić information content (AvgIpc) is 2.49. The molecule has 1 aliphatic rings. The van der Waals surface area contributed by atoms with E-state index in [4.69, 9.17) is 5.11 Å². The van der Waals surface area contributed by atoms with Crippen LogP contribution in [0, 0.1) is 0 Å². The second-order valence-electron chi connectivity index (χ2n) is 2.28. The van der Waals surface area contributed by atoms with Crippen LogP contribution in [0.15, 0.2) is 11.8 Å². The van der Waals surface area contributed by atoms with Gasteiger partial charge in [0, 0.05) is 6.20 Å². The zero-order chi connectivity index (χ0) is 8.55. The maximum atomic E-state index is 10.5. The van der Waals surface area contributed by atoms with Crippen LogP contribution < -0.4 is 5.32 Å². The summed E-state index contributed by atoms with van der Waals surface area (Å²) in [5, 5.41) is 21.8. The first-order valence-corrected chi connectivity index (χ1v) is 3.22. The number of hydrogen-bond acceptors (Lipinski definition) is 5. The van der Waals surface area contributed by atoms with Crippen molar-refractivity contribution in [2.24, 2.45) is 0 Å². The number of anilines is 1. The van der Waals surface area contributed by atoms with Crippen molar-refractivity contribution in [2.75, 3.05) is 5.32 Å². The third kappa shape index (κ3) is 0.911. The highest BCUT2D eigenvalue weighted by Gasteiger charge is 2.16. The number of aromatic nitrogens is 4. The van der Waals surface area contributed by atoms with Gasteiger partial charge in [-0.15, -0.1) is 0 Å². The second kappa shape index (κ2) is 2.29. The lowest BCUT2D eigenvalue weighted by Crippen LogP contribution is -2.18. The number of nitrogens with one attached hydrogen (secondary N) is 1. The summed E-state index contributed by atoms with van der Waals surface area (Å²) in [5.41, 5.74) is 0.231. The van der Waals surface area contributed by atoms with Crippen LogP contribution in [0.4, 0.5) is 5.95 Å². The normalized spacial score (nSPS) is 14.5. The van der Waals surface area contributed by atoms with Crippen molar-refractivity contribution in [3.8, 4) is 0 Å². The standard InChI is InChI=1S/C5H5N5O2/c11-4(12)3-1-6-5-7-8-9-10(5)2-3/h1H,2H2,(H,11,12)(H,6,7,9). The lowest BCUT2D eigenvalue weighted by molar-refractivity contribution is -0.132. The van der Waals surface area contributed by atoms with Crippen LogP contribution >= 0.6 is 0 Å². The highest BCUT2D eigenvalue weighted by atomic mass is 16.4. The van der Waals surface area contributed by atoms with Crippen LogP contribution in [0.1, 0.15) is 0 Å². The van der Waals surface area contributed by atoms with Gasteiger partial charge < -0.3 is 10.4 Å². The number of nitrogens with zero attached hydrogens (tertiary/aromatic N) is 4. The molecule has 7 nitrogen and oxygen atoms in total. The van der Waals surface area contributed by atoms with Crippen molar-refractivity contribution in [3.05, 3.63) is 11.8 Å². The molecular formula is C5H5N5O2. The molecule has 0 aliphatic carbocycles. The van der Waals surface area contributed by atoms with Crippen molar-refractivity contribution >= 4 is 11.9 Å². The molecule has 0 radical (unpaired) electrons. The van der Waals surface area contributed by atoms with E-state index in [1.54, 1.807) is 0 Å². The summed E-state index contributed by atoms with van der Waals surface area (Å²) in [4.78, 5) is 10.5. The minimum atomic E-state index is -0.969. The Labute approximate surface area is 66.7 Å². The predicted octanol–water partition coefficient (Wildman–Crippen LogP) is -0.933. The fourth-order valence-electron chi connectivity index (χ4n) is 0.903. The first-order chi connectivity index (χ1) is 5.77. The van der Waals surface area contributed by atoms with Crippen molar-refractivity contribution in [1.82, 2.24) is 20.2 Å². The molecule has 1 aromatic heterocycles. The Morgan fingerprint density at radius 1 is 1.75 bits per heavy atom. The monoisotopic (exact) mass is 167 g/mol. The van der Waals surface area contributed by atoms with Gasteiger partial charge in [0.1, 0.15) is 0 Å². The molecule has 0 spiro atoms. The highest BCUT2D eigenvalue weighted by molar-refractivity contribution is 5.87. The predicted molar refractivity (Wildman–Crippen MR) is 37.2 cm³/mol. The minimum absolute atomic E-state index is 0.199. The third-order valence-corrected chi connectivity index (χ3v) is 1.50. The maximum Gasteiger partial charge on any atom is 0.334 e. The fraction of sp³-hybridized carbons (Fsp3) is 0.200. The molecule has 2 N–H and O–H groups in total. The Hall–Kier alpha value is -1.92. The molecule has 0 saturated heterocycles. The van der Waals surface area contributed by atoms with Crippen molar-refractivity contribution < 1.29 is 9.90 Å². The van der Waals surface area contributed by atoms with Crippen LogP contribution in [0.3, 0.4) is 0 Å². The fourth-order valence-corrected chi connectivity index (χ4v) is 0.903. The van der Waals surface area contributed by atoms with Crippen LogP contribution in [-0.4, -0.2) is 31.3 Å². The molecule has 0 atom stereocenters. The summed E-state index contributed by atoms with van der Waals surface area (Å²) < 4.78 is 1.38. The van der Waals surface area contributed by atoms with Crippen LogP contribution in [-0.2, 0) is 11.3 Å². The first kappa shape index (κ1) is 6.77. The molecule has 2 rings (SSSR count). The first-order valence-electron chi connectivity index (χ1n) is 3.22. The lowest BCUT2D eigenvalue weighted by atomic mass is 10.3. The minimum Gasteiger partial charge on any atom is -0.478 e. The second-order valence-corrected chi connectivity index (χ2v) is 2.28. The molecule has 1 aliphatic heterocycles. The van der Waals surface area contributed by atoms with Crippen LogP contribution in [0.5, 0.6) is 0 Å². The van der Waals surface area contributed by atoms with E-state index in [-0.39, 0.29) is 12.1 Å². The number of rotatable bonds is 1. The van der Waals surface area contributed by atoms with Crippen LogP contribution in [0.25, 0.3) is 0 Å². The van der Waals surface area contributed by atoms with E-state index < -0.39 is 5.97 Å². The van der Waals surface area contributed by atoms with Gasteiger partial charge in [-0.3, -0.25) is 0 Å². The molecule has 0 aromatic carbocycles. The molecule has 0 unspecified atom stereocenters. The lowest BCUT2D eigenvalue weighted by Gasteiger charge is -2.10. The molecule has 62 valence electrons. The summed E-state index contributed by atoms with van der Waals surface area (Å²) >= 11 is 0. The van der Waals surface area contributed by atoms with Gasteiger partial charge in [-0.25, -0.2) is 9.48 Å². The topological polar surface area (TPSA) is 92.9 Å². The molecular weight excluding hydrogens is 162 g/mol. The van der Waals surface area contributed by atoms with E-state index in [0.717, 1.165) is 0 Å². The number of aliphatic carboxylic acids is 1. The number of hydrogen-bond donors (Lipinski definition) is 2. The largest absolute Gasteiger partial charge is 0.478 e. The van der Waals surface area contributed by atoms with Gasteiger partial charge >= 0.3 is 5.97 Å². The molecule has 0 saturated carbocycles. The molecule has 12 heavy (non-hydrogen) atoms. The number of tetrazole rings is 1.